The second kappa shape index (κ2) is 5.53. The highest BCUT2D eigenvalue weighted by atomic mass is 79.9. The van der Waals surface area contributed by atoms with Crippen LogP contribution in [0.25, 0.3) is 10.8 Å². The smallest absolute Gasteiger partial charge is 0.227 e. The molecule has 18 heavy (non-hydrogen) atoms. The first kappa shape index (κ1) is 13.1. The molecule has 0 saturated carbocycles. The zero-order valence-corrected chi connectivity index (χ0v) is 12.1. The van der Waals surface area contributed by atoms with Gasteiger partial charge in [-0.25, -0.2) is 0 Å². The minimum absolute atomic E-state index is 0.0346. The molecule has 2 nitrogen and oxygen atoms in total. The van der Waals surface area contributed by atoms with E-state index in [0.29, 0.717) is 0 Å². The van der Waals surface area contributed by atoms with Gasteiger partial charge in [0.1, 0.15) is 0 Å². The van der Waals surface area contributed by atoms with E-state index in [-0.39, 0.29) is 11.8 Å². The van der Waals surface area contributed by atoms with Gasteiger partial charge in [0, 0.05) is 21.5 Å². The molecule has 1 atom stereocenters. The van der Waals surface area contributed by atoms with Crippen molar-refractivity contribution in [3.63, 3.8) is 0 Å². The van der Waals surface area contributed by atoms with Crippen molar-refractivity contribution >= 4 is 38.3 Å². The molecule has 0 fully saturated rings. The Balaban J connectivity index is 2.40. The van der Waals surface area contributed by atoms with E-state index in [1.807, 2.05) is 50.2 Å². The Morgan fingerprint density at radius 3 is 2.56 bits per heavy atom. The number of carbonyl (C=O) groups excluding carboxylic acids is 1. The van der Waals surface area contributed by atoms with Gasteiger partial charge in [-0.15, -0.1) is 0 Å². The predicted molar refractivity (Wildman–Crippen MR) is 79.7 cm³/mol. The van der Waals surface area contributed by atoms with Crippen molar-refractivity contribution in [2.24, 2.45) is 5.92 Å². The summed E-state index contributed by atoms with van der Waals surface area (Å²) >= 11 is 3.53. The summed E-state index contributed by atoms with van der Waals surface area (Å²) in [5.74, 6) is 0.109. The highest BCUT2D eigenvalue weighted by molar-refractivity contribution is 9.10. The summed E-state index contributed by atoms with van der Waals surface area (Å²) in [6.45, 7) is 3.96. The summed E-state index contributed by atoms with van der Waals surface area (Å²) in [4.78, 5) is 11.9. The molecule has 0 radical (unpaired) electrons. The van der Waals surface area contributed by atoms with Crippen LogP contribution in [0.5, 0.6) is 0 Å². The van der Waals surface area contributed by atoms with Crippen molar-refractivity contribution in [2.75, 3.05) is 5.32 Å². The van der Waals surface area contributed by atoms with Crippen molar-refractivity contribution < 1.29 is 4.79 Å². The van der Waals surface area contributed by atoms with E-state index in [1.165, 1.54) is 0 Å². The van der Waals surface area contributed by atoms with Crippen molar-refractivity contribution in [3.8, 4) is 0 Å². The summed E-state index contributed by atoms with van der Waals surface area (Å²) in [5, 5.41) is 5.17. The Labute approximate surface area is 116 Å². The number of nitrogens with one attached hydrogen (secondary N) is 1. The molecule has 0 saturated heterocycles. The molecule has 0 spiro atoms. The fourth-order valence-corrected chi connectivity index (χ4v) is 2.29. The van der Waals surface area contributed by atoms with Gasteiger partial charge in [-0.2, -0.15) is 0 Å². The van der Waals surface area contributed by atoms with E-state index in [9.17, 15) is 4.79 Å². The van der Waals surface area contributed by atoms with Crippen molar-refractivity contribution in [1.82, 2.24) is 0 Å². The largest absolute Gasteiger partial charge is 0.325 e. The fraction of sp³-hybridized carbons (Fsp3) is 0.267. The van der Waals surface area contributed by atoms with Crippen LogP contribution >= 0.6 is 15.9 Å². The van der Waals surface area contributed by atoms with E-state index in [2.05, 4.69) is 21.2 Å². The molecule has 94 valence electrons. The fourth-order valence-electron chi connectivity index (χ4n) is 1.81. The van der Waals surface area contributed by atoms with Gasteiger partial charge in [0.05, 0.1) is 0 Å². The highest BCUT2D eigenvalue weighted by Gasteiger charge is 2.12. The van der Waals surface area contributed by atoms with Crippen LogP contribution in [0.1, 0.15) is 20.3 Å². The van der Waals surface area contributed by atoms with Crippen molar-refractivity contribution in [1.29, 1.82) is 0 Å². The lowest BCUT2D eigenvalue weighted by Crippen LogP contribution is -2.19. The van der Waals surface area contributed by atoms with Gasteiger partial charge in [-0.3, -0.25) is 4.79 Å². The molecular weight excluding hydrogens is 290 g/mol. The number of halogens is 1. The lowest BCUT2D eigenvalue weighted by atomic mass is 10.1. The number of amides is 1. The molecule has 0 aromatic heterocycles. The summed E-state index contributed by atoms with van der Waals surface area (Å²) in [6, 6.07) is 11.9. The first-order valence-corrected chi connectivity index (χ1v) is 6.91. The Morgan fingerprint density at radius 2 is 1.89 bits per heavy atom. The second-order valence-electron chi connectivity index (χ2n) is 4.44. The van der Waals surface area contributed by atoms with Crippen LogP contribution in [-0.4, -0.2) is 5.91 Å². The van der Waals surface area contributed by atoms with Gasteiger partial charge in [-0.1, -0.05) is 54.0 Å². The van der Waals surface area contributed by atoms with E-state index in [1.54, 1.807) is 0 Å². The zero-order chi connectivity index (χ0) is 13.1. The Morgan fingerprint density at radius 1 is 1.22 bits per heavy atom. The van der Waals surface area contributed by atoms with Crippen LogP contribution in [0.4, 0.5) is 5.69 Å². The maximum atomic E-state index is 11.9. The lowest BCUT2D eigenvalue weighted by Gasteiger charge is -2.13. The molecule has 1 amide bonds. The number of anilines is 1. The van der Waals surface area contributed by atoms with E-state index >= 15 is 0 Å². The van der Waals surface area contributed by atoms with Crippen LogP contribution < -0.4 is 5.32 Å². The topological polar surface area (TPSA) is 29.1 Å². The number of benzene rings is 2. The quantitative estimate of drug-likeness (QED) is 0.883. The third-order valence-electron chi connectivity index (χ3n) is 3.19. The summed E-state index contributed by atoms with van der Waals surface area (Å²) in [7, 11) is 0. The summed E-state index contributed by atoms with van der Waals surface area (Å²) in [5.41, 5.74) is 0.874. The van der Waals surface area contributed by atoms with Gasteiger partial charge < -0.3 is 5.32 Å². The zero-order valence-electron chi connectivity index (χ0n) is 10.5. The molecule has 2 aromatic carbocycles. The van der Waals surface area contributed by atoms with Gasteiger partial charge >= 0.3 is 0 Å². The first-order chi connectivity index (χ1) is 8.63. The number of carbonyl (C=O) groups is 1. The number of rotatable bonds is 3. The standard InChI is InChI=1S/C15H16BrNO/c1-3-10(2)15(18)17-14-9-8-13(16)11-6-4-5-7-12(11)14/h4-10H,3H2,1-2H3,(H,17,18). The number of hydrogen-bond donors (Lipinski definition) is 1. The molecule has 0 bridgehead atoms. The van der Waals surface area contributed by atoms with Gasteiger partial charge in [0.2, 0.25) is 5.91 Å². The Bertz CT molecular complexity index is 580. The minimum Gasteiger partial charge on any atom is -0.325 e. The molecule has 0 aliphatic carbocycles. The molecule has 0 aliphatic heterocycles. The minimum atomic E-state index is 0.0346. The molecule has 1 unspecified atom stereocenters. The molecular formula is C15H16BrNO. The average molecular weight is 306 g/mol. The molecule has 0 heterocycles. The normalized spacial score (nSPS) is 12.4. The van der Waals surface area contributed by atoms with E-state index < -0.39 is 0 Å². The van der Waals surface area contributed by atoms with Crippen LogP contribution in [0.15, 0.2) is 40.9 Å². The van der Waals surface area contributed by atoms with E-state index in [0.717, 1.165) is 27.4 Å². The Hall–Kier alpha value is -1.35. The van der Waals surface area contributed by atoms with Crippen LogP contribution in [0.3, 0.4) is 0 Å². The number of hydrogen-bond acceptors (Lipinski definition) is 1. The Kier molecular flexibility index (Phi) is 4.02. The lowest BCUT2D eigenvalue weighted by molar-refractivity contribution is -0.119. The number of fused-ring (bicyclic) bond motifs is 1. The van der Waals surface area contributed by atoms with Crippen LogP contribution in [-0.2, 0) is 4.79 Å². The predicted octanol–water partition coefficient (Wildman–Crippen LogP) is 4.59. The van der Waals surface area contributed by atoms with Gasteiger partial charge in [0.15, 0.2) is 0 Å². The molecule has 2 aromatic rings. The monoisotopic (exact) mass is 305 g/mol. The van der Waals surface area contributed by atoms with E-state index in [4.69, 9.17) is 0 Å². The first-order valence-electron chi connectivity index (χ1n) is 6.11. The average Bonchev–Trinajstić information content (AvgIpc) is 2.41. The maximum Gasteiger partial charge on any atom is 0.227 e. The second-order valence-corrected chi connectivity index (χ2v) is 5.29. The summed E-state index contributed by atoms with van der Waals surface area (Å²) in [6.07, 6.45) is 0.848. The molecule has 1 N–H and O–H groups in total. The molecule has 0 aliphatic rings. The van der Waals surface area contributed by atoms with Gasteiger partial charge in [-0.05, 0) is 23.9 Å². The maximum absolute atomic E-state index is 11.9. The third-order valence-corrected chi connectivity index (χ3v) is 3.88. The summed E-state index contributed by atoms with van der Waals surface area (Å²) < 4.78 is 1.04. The van der Waals surface area contributed by atoms with Crippen LogP contribution in [0.2, 0.25) is 0 Å². The highest BCUT2D eigenvalue weighted by Crippen LogP contribution is 2.30. The third kappa shape index (κ3) is 2.56. The SMILES string of the molecule is CCC(C)C(=O)Nc1ccc(Br)c2ccccc12. The molecule has 2 rings (SSSR count). The van der Waals surface area contributed by atoms with Gasteiger partial charge in [0.25, 0.3) is 0 Å². The van der Waals surface area contributed by atoms with Crippen molar-refractivity contribution in [3.05, 3.63) is 40.9 Å². The van der Waals surface area contributed by atoms with Crippen molar-refractivity contribution in [2.45, 2.75) is 20.3 Å². The molecule has 3 heteroatoms. The van der Waals surface area contributed by atoms with Crippen LogP contribution in [0, 0.1) is 5.92 Å².